The molecule has 2 aromatic heterocycles. The van der Waals surface area contributed by atoms with Crippen LogP contribution < -0.4 is 14.4 Å². The third kappa shape index (κ3) is 4.43. The fraction of sp³-hybridized carbons (Fsp3) is 0.136. The van der Waals surface area contributed by atoms with Crippen molar-refractivity contribution in [2.24, 2.45) is 0 Å². The number of halogens is 1. The van der Waals surface area contributed by atoms with E-state index >= 15 is 0 Å². The maximum Gasteiger partial charge on any atom is 0.270 e. The molecule has 0 fully saturated rings. The number of thiazole rings is 1. The number of hydrogen-bond donors (Lipinski definition) is 0. The molecule has 0 spiro atoms. The van der Waals surface area contributed by atoms with Crippen LogP contribution in [0.3, 0.4) is 0 Å². The Kier molecular flexibility index (Phi) is 6.38. The number of nitro groups is 1. The van der Waals surface area contributed by atoms with Gasteiger partial charge in [-0.05, 0) is 29.8 Å². The lowest BCUT2D eigenvalue weighted by Crippen LogP contribution is -2.30. The zero-order valence-electron chi connectivity index (χ0n) is 17.5. The topological polar surface area (TPSA) is 108 Å². The standard InChI is InChI=1S/C22H17ClN4O5S/c1-31-17-7-8-18(32-2)20-19(17)25-22(33-20)26(12-13-4-3-9-24-11-13)21(28)15-10-14(27(29)30)5-6-16(15)23/h3-11H,12H2,1-2H3. The number of nitrogens with zero attached hydrogens (tertiary/aromatic N) is 4. The van der Waals surface area contributed by atoms with Crippen LogP contribution in [0.1, 0.15) is 15.9 Å². The van der Waals surface area contributed by atoms with Gasteiger partial charge < -0.3 is 9.47 Å². The summed E-state index contributed by atoms with van der Waals surface area (Å²) in [5, 5.41) is 11.7. The van der Waals surface area contributed by atoms with Gasteiger partial charge in [0.2, 0.25) is 0 Å². The molecule has 33 heavy (non-hydrogen) atoms. The molecular weight excluding hydrogens is 468 g/mol. The summed E-state index contributed by atoms with van der Waals surface area (Å²) < 4.78 is 11.6. The predicted molar refractivity (Wildman–Crippen MR) is 126 cm³/mol. The van der Waals surface area contributed by atoms with Crippen LogP contribution in [0.2, 0.25) is 5.02 Å². The first-order valence-corrected chi connectivity index (χ1v) is 10.8. The average molecular weight is 485 g/mol. The number of rotatable bonds is 7. The van der Waals surface area contributed by atoms with E-state index in [0.29, 0.717) is 26.8 Å². The van der Waals surface area contributed by atoms with Gasteiger partial charge in [0, 0.05) is 24.5 Å². The fourth-order valence-electron chi connectivity index (χ4n) is 3.23. The van der Waals surface area contributed by atoms with Crippen LogP contribution in [0.4, 0.5) is 10.8 Å². The van der Waals surface area contributed by atoms with E-state index in [0.717, 1.165) is 11.6 Å². The van der Waals surface area contributed by atoms with Gasteiger partial charge in [-0.3, -0.25) is 24.8 Å². The maximum atomic E-state index is 13.6. The first-order chi connectivity index (χ1) is 15.9. The molecule has 2 heterocycles. The lowest BCUT2D eigenvalue weighted by molar-refractivity contribution is -0.384. The van der Waals surface area contributed by atoms with Crippen LogP contribution >= 0.6 is 22.9 Å². The molecule has 4 rings (SSSR count). The number of fused-ring (bicyclic) bond motifs is 1. The van der Waals surface area contributed by atoms with E-state index in [1.165, 1.54) is 35.5 Å². The summed E-state index contributed by atoms with van der Waals surface area (Å²) in [7, 11) is 3.07. The lowest BCUT2D eigenvalue weighted by Gasteiger charge is -2.20. The van der Waals surface area contributed by atoms with Crippen molar-refractivity contribution in [1.82, 2.24) is 9.97 Å². The van der Waals surface area contributed by atoms with Gasteiger partial charge in [-0.15, -0.1) is 0 Å². The SMILES string of the molecule is COc1ccc(OC)c2sc(N(Cc3cccnc3)C(=O)c3cc([N+](=O)[O-])ccc3Cl)nc12. The van der Waals surface area contributed by atoms with Crippen LogP contribution in [-0.2, 0) is 6.54 Å². The highest BCUT2D eigenvalue weighted by molar-refractivity contribution is 7.22. The molecule has 0 atom stereocenters. The number of aromatic nitrogens is 2. The van der Waals surface area contributed by atoms with Crippen molar-refractivity contribution in [3.63, 3.8) is 0 Å². The first kappa shape index (κ1) is 22.4. The molecule has 0 N–H and O–H groups in total. The number of anilines is 1. The van der Waals surface area contributed by atoms with Gasteiger partial charge in [-0.25, -0.2) is 4.98 Å². The molecule has 1 amide bonds. The molecule has 0 aliphatic heterocycles. The van der Waals surface area contributed by atoms with Gasteiger partial charge in [0.1, 0.15) is 21.7 Å². The number of nitro benzene ring substituents is 1. The number of ether oxygens (including phenoxy) is 2. The van der Waals surface area contributed by atoms with Gasteiger partial charge in [0.25, 0.3) is 11.6 Å². The number of methoxy groups -OCH3 is 2. The molecule has 0 saturated heterocycles. The summed E-state index contributed by atoms with van der Waals surface area (Å²) >= 11 is 7.50. The van der Waals surface area contributed by atoms with Gasteiger partial charge in [-0.2, -0.15) is 0 Å². The van der Waals surface area contributed by atoms with Crippen LogP contribution in [0.25, 0.3) is 10.2 Å². The molecule has 0 aliphatic carbocycles. The Labute approximate surface area is 197 Å². The van der Waals surface area contributed by atoms with E-state index in [2.05, 4.69) is 9.97 Å². The molecule has 0 bridgehead atoms. The Hall–Kier alpha value is -3.76. The Morgan fingerprint density at radius 1 is 1.18 bits per heavy atom. The van der Waals surface area contributed by atoms with Crippen LogP contribution in [0, 0.1) is 10.1 Å². The number of amides is 1. The minimum absolute atomic E-state index is 0.00653. The smallest absolute Gasteiger partial charge is 0.270 e. The second kappa shape index (κ2) is 9.39. The third-order valence-corrected chi connectivity index (χ3v) is 6.25. The third-order valence-electron chi connectivity index (χ3n) is 4.83. The zero-order chi connectivity index (χ0) is 23.5. The van der Waals surface area contributed by atoms with Gasteiger partial charge >= 0.3 is 0 Å². The number of benzene rings is 2. The molecule has 0 unspecified atom stereocenters. The van der Waals surface area contributed by atoms with Crippen molar-refractivity contribution >= 4 is 49.9 Å². The molecule has 2 aromatic carbocycles. The minimum Gasteiger partial charge on any atom is -0.495 e. The molecule has 11 heteroatoms. The van der Waals surface area contributed by atoms with Gasteiger partial charge in [0.05, 0.1) is 36.3 Å². The predicted octanol–water partition coefficient (Wildman–Crippen LogP) is 5.12. The number of carbonyl (C=O) groups excluding carboxylic acids is 1. The molecular formula is C22H17ClN4O5S. The molecule has 0 radical (unpaired) electrons. The molecule has 0 saturated carbocycles. The van der Waals surface area contributed by atoms with Crippen LogP contribution in [0.5, 0.6) is 11.5 Å². The number of pyridine rings is 1. The highest BCUT2D eigenvalue weighted by Gasteiger charge is 2.27. The summed E-state index contributed by atoms with van der Waals surface area (Å²) in [5.74, 6) is 0.566. The number of carbonyl (C=O) groups is 1. The molecule has 9 nitrogen and oxygen atoms in total. The number of hydrogen-bond acceptors (Lipinski definition) is 8. The maximum absolute atomic E-state index is 13.6. The van der Waals surface area contributed by atoms with E-state index in [1.807, 2.05) is 6.07 Å². The minimum atomic E-state index is -0.577. The lowest BCUT2D eigenvalue weighted by atomic mass is 10.1. The largest absolute Gasteiger partial charge is 0.495 e. The monoisotopic (exact) mass is 484 g/mol. The van der Waals surface area contributed by atoms with Gasteiger partial charge in [-0.1, -0.05) is 29.0 Å². The highest BCUT2D eigenvalue weighted by Crippen LogP contribution is 2.41. The van der Waals surface area contributed by atoms with Gasteiger partial charge in [0.15, 0.2) is 5.13 Å². The van der Waals surface area contributed by atoms with Crippen molar-refractivity contribution in [2.45, 2.75) is 6.54 Å². The Morgan fingerprint density at radius 2 is 1.94 bits per heavy atom. The summed E-state index contributed by atoms with van der Waals surface area (Å²) in [6.07, 6.45) is 3.25. The van der Waals surface area contributed by atoms with E-state index in [4.69, 9.17) is 21.1 Å². The summed E-state index contributed by atoms with van der Waals surface area (Å²) in [4.78, 5) is 34.5. The Bertz CT molecular complexity index is 1300. The second-order valence-corrected chi connectivity index (χ2v) is 8.20. The van der Waals surface area contributed by atoms with E-state index < -0.39 is 10.8 Å². The molecule has 0 aliphatic rings. The van der Waals surface area contributed by atoms with Crippen LogP contribution in [-0.4, -0.2) is 35.0 Å². The first-order valence-electron chi connectivity index (χ1n) is 9.59. The Balaban J connectivity index is 1.87. The van der Waals surface area contributed by atoms with Crippen molar-refractivity contribution in [3.8, 4) is 11.5 Å². The summed E-state index contributed by atoms with van der Waals surface area (Å²) in [6, 6.07) is 10.8. The highest BCUT2D eigenvalue weighted by atomic mass is 35.5. The van der Waals surface area contributed by atoms with Crippen molar-refractivity contribution in [3.05, 3.63) is 81.1 Å². The Morgan fingerprint density at radius 3 is 2.61 bits per heavy atom. The summed E-state index contributed by atoms with van der Waals surface area (Å²) in [5.41, 5.74) is 1.03. The van der Waals surface area contributed by atoms with Crippen molar-refractivity contribution < 1.29 is 19.2 Å². The van der Waals surface area contributed by atoms with Crippen molar-refractivity contribution in [2.75, 3.05) is 19.1 Å². The average Bonchev–Trinajstić information content (AvgIpc) is 3.27. The van der Waals surface area contributed by atoms with Crippen molar-refractivity contribution in [1.29, 1.82) is 0 Å². The normalized spacial score (nSPS) is 10.8. The van der Waals surface area contributed by atoms with E-state index in [-0.39, 0.29) is 22.8 Å². The zero-order valence-corrected chi connectivity index (χ0v) is 19.1. The molecule has 4 aromatic rings. The van der Waals surface area contributed by atoms with Crippen LogP contribution in [0.15, 0.2) is 54.9 Å². The van der Waals surface area contributed by atoms with E-state index in [9.17, 15) is 14.9 Å². The van der Waals surface area contributed by atoms with E-state index in [1.54, 1.807) is 37.7 Å². The number of non-ortho nitro benzene ring substituents is 1. The summed E-state index contributed by atoms with van der Waals surface area (Å²) in [6.45, 7) is 0.121. The quantitative estimate of drug-likeness (QED) is 0.264. The fourth-order valence-corrected chi connectivity index (χ4v) is 4.50. The molecule has 168 valence electrons. The second-order valence-electron chi connectivity index (χ2n) is 6.82.